The largest absolute Gasteiger partial charge is 0.343 e. The molecule has 4 rings (SSSR count). The summed E-state index contributed by atoms with van der Waals surface area (Å²) in [5.74, 6) is 7.21. The van der Waals surface area contributed by atoms with Crippen LogP contribution in [0.25, 0.3) is 16.3 Å². The third kappa shape index (κ3) is 4.79. The smallest absolute Gasteiger partial charge is 0.132 e. The van der Waals surface area contributed by atoms with Crippen molar-refractivity contribution in [2.24, 2.45) is 16.9 Å². The number of hydrazine groups is 1. The second kappa shape index (κ2) is 9.64. The van der Waals surface area contributed by atoms with Crippen LogP contribution in [-0.2, 0) is 0 Å². The first kappa shape index (κ1) is 23.4. The van der Waals surface area contributed by atoms with Gasteiger partial charge in [0, 0.05) is 47.6 Å². The van der Waals surface area contributed by atoms with Crippen LogP contribution in [0.15, 0.2) is 59.2 Å². The van der Waals surface area contributed by atoms with E-state index in [0.717, 1.165) is 42.0 Å². The van der Waals surface area contributed by atoms with Gasteiger partial charge in [-0.05, 0) is 42.8 Å². The molecule has 0 saturated carbocycles. The number of anilines is 1. The summed E-state index contributed by atoms with van der Waals surface area (Å²) in [7, 11) is 0. The molecule has 2 saturated heterocycles. The molecule has 8 nitrogen and oxygen atoms in total. The van der Waals surface area contributed by atoms with E-state index in [1.54, 1.807) is 24.4 Å². The first-order valence-electron chi connectivity index (χ1n) is 11.4. The van der Waals surface area contributed by atoms with Gasteiger partial charge in [0.2, 0.25) is 0 Å². The van der Waals surface area contributed by atoms with Gasteiger partial charge in [-0.3, -0.25) is 10.4 Å². The molecule has 0 amide bonds. The number of pyridine rings is 1. The Morgan fingerprint density at radius 3 is 2.82 bits per heavy atom. The molecule has 2 aromatic rings. The summed E-state index contributed by atoms with van der Waals surface area (Å²) in [6.45, 7) is 12.9. The van der Waals surface area contributed by atoms with Crippen molar-refractivity contribution in [2.45, 2.75) is 27.2 Å². The van der Waals surface area contributed by atoms with Crippen LogP contribution in [0.2, 0.25) is 0 Å². The monoisotopic (exact) mass is 462 g/mol. The van der Waals surface area contributed by atoms with Crippen LogP contribution in [0.5, 0.6) is 0 Å². The van der Waals surface area contributed by atoms with Crippen LogP contribution >= 0.6 is 0 Å². The number of nitrogens with zero attached hydrogens (tertiary/aromatic N) is 4. The first-order valence-corrected chi connectivity index (χ1v) is 11.4. The van der Waals surface area contributed by atoms with Crippen LogP contribution in [0.1, 0.15) is 32.8 Å². The molecule has 2 fully saturated rings. The molecule has 2 aliphatic rings. The molecule has 9 heteroatoms. The zero-order valence-corrected chi connectivity index (χ0v) is 19.8. The summed E-state index contributed by atoms with van der Waals surface area (Å²) >= 11 is 0. The van der Waals surface area contributed by atoms with Gasteiger partial charge in [-0.15, -0.1) is 0 Å². The predicted molar refractivity (Wildman–Crippen MR) is 136 cm³/mol. The van der Waals surface area contributed by atoms with Crippen molar-refractivity contribution in [1.29, 1.82) is 5.41 Å². The molecule has 0 unspecified atom stereocenters. The average molecular weight is 463 g/mol. The molecular formula is C25H31FN8. The van der Waals surface area contributed by atoms with Gasteiger partial charge in [0.25, 0.3) is 0 Å². The van der Waals surface area contributed by atoms with E-state index in [4.69, 9.17) is 11.3 Å². The van der Waals surface area contributed by atoms with Crippen molar-refractivity contribution < 1.29 is 4.39 Å². The first-order chi connectivity index (χ1) is 16.3. The number of amidine groups is 1. The quantitative estimate of drug-likeness (QED) is 0.224. The van der Waals surface area contributed by atoms with E-state index < -0.39 is 0 Å². The lowest BCUT2D eigenvalue weighted by Crippen LogP contribution is -2.53. The highest BCUT2D eigenvalue weighted by molar-refractivity contribution is 6.12. The lowest BCUT2D eigenvalue weighted by molar-refractivity contribution is -0.0638. The third-order valence-electron chi connectivity index (χ3n) is 6.20. The van der Waals surface area contributed by atoms with Gasteiger partial charge in [-0.2, -0.15) is 5.10 Å². The zero-order chi connectivity index (χ0) is 24.4. The third-order valence-corrected chi connectivity index (χ3v) is 6.20. The van der Waals surface area contributed by atoms with E-state index in [1.807, 2.05) is 13.8 Å². The second-order valence-corrected chi connectivity index (χ2v) is 8.89. The molecule has 5 N–H and O–H groups in total. The Labute approximate surface area is 199 Å². The van der Waals surface area contributed by atoms with Crippen molar-refractivity contribution in [3.8, 4) is 0 Å². The molecule has 3 heterocycles. The molecule has 1 aromatic heterocycles. The maximum absolute atomic E-state index is 14.9. The maximum Gasteiger partial charge on any atom is 0.132 e. The molecule has 0 atom stereocenters. The Morgan fingerprint density at radius 1 is 1.38 bits per heavy atom. The summed E-state index contributed by atoms with van der Waals surface area (Å²) in [6, 6.07) is 5.03. The van der Waals surface area contributed by atoms with E-state index in [9.17, 15) is 4.39 Å². The lowest BCUT2D eigenvalue weighted by atomic mass is 9.97. The fourth-order valence-corrected chi connectivity index (χ4v) is 4.23. The van der Waals surface area contributed by atoms with Gasteiger partial charge in [0.1, 0.15) is 23.3 Å². The molecule has 0 aliphatic carbocycles. The van der Waals surface area contributed by atoms with Crippen molar-refractivity contribution in [2.75, 3.05) is 25.0 Å². The molecular weight excluding hydrogens is 431 g/mol. The number of halogens is 1. The fraction of sp³-hybridized carbons (Fsp3) is 0.320. The van der Waals surface area contributed by atoms with E-state index in [1.165, 1.54) is 12.3 Å². The predicted octanol–water partition coefficient (Wildman–Crippen LogP) is 4.02. The Balaban J connectivity index is 1.53. The normalized spacial score (nSPS) is 19.0. The van der Waals surface area contributed by atoms with Gasteiger partial charge in [-0.25, -0.2) is 14.4 Å². The summed E-state index contributed by atoms with van der Waals surface area (Å²) < 4.78 is 14.9. The zero-order valence-electron chi connectivity index (χ0n) is 19.8. The summed E-state index contributed by atoms with van der Waals surface area (Å²) in [5.41, 5.74) is 2.98. The van der Waals surface area contributed by atoms with Gasteiger partial charge in [0.05, 0.1) is 12.8 Å². The highest BCUT2D eigenvalue weighted by Crippen LogP contribution is 2.28. The summed E-state index contributed by atoms with van der Waals surface area (Å²) in [6.07, 6.45) is 5.57. The highest BCUT2D eigenvalue weighted by Gasteiger charge is 2.32. The number of aromatic nitrogens is 1. The van der Waals surface area contributed by atoms with Crippen LogP contribution in [0.3, 0.4) is 0 Å². The van der Waals surface area contributed by atoms with Gasteiger partial charge in [0.15, 0.2) is 0 Å². The number of nitrogens with one attached hydrogen (secondary N) is 3. The van der Waals surface area contributed by atoms with Crippen LogP contribution < -0.4 is 16.5 Å². The minimum atomic E-state index is -0.358. The average Bonchev–Trinajstić information content (AvgIpc) is 3.13. The number of hydrazone groups is 1. The van der Waals surface area contributed by atoms with Crippen LogP contribution in [-0.4, -0.2) is 46.7 Å². The molecule has 2 aliphatic heterocycles. The van der Waals surface area contributed by atoms with Crippen molar-refractivity contribution in [3.05, 3.63) is 65.5 Å². The van der Waals surface area contributed by atoms with E-state index in [2.05, 4.69) is 44.2 Å². The van der Waals surface area contributed by atoms with Gasteiger partial charge < -0.3 is 16.5 Å². The van der Waals surface area contributed by atoms with Crippen LogP contribution in [0, 0.1) is 17.1 Å². The molecule has 0 spiro atoms. The fourth-order valence-electron chi connectivity index (χ4n) is 4.23. The Morgan fingerprint density at radius 2 is 2.15 bits per heavy atom. The second-order valence-electron chi connectivity index (χ2n) is 8.89. The lowest BCUT2D eigenvalue weighted by Gasteiger charge is -2.43. The van der Waals surface area contributed by atoms with Gasteiger partial charge in [-0.1, -0.05) is 26.0 Å². The standard InChI is InChI=1S/C25H31FN8/c1-5-16(3)22(11-30-28)21-6-18-8-25(29-10-19(18)7-23(21)26)32-24(27)9-20-14-34(17(4)31-20)33-12-15(2)13-33/h6-11,15,31H,4-5,12-14,28H2,1-3H3,(H2,27,29,32)/b20-9-,22-16+,30-11-. The molecule has 178 valence electrons. The Bertz CT molecular complexity index is 1220. The van der Waals surface area contributed by atoms with E-state index in [-0.39, 0.29) is 11.7 Å². The number of hydrogen-bond donors (Lipinski definition) is 4. The minimum Gasteiger partial charge on any atom is -0.343 e. The van der Waals surface area contributed by atoms with Crippen molar-refractivity contribution in [1.82, 2.24) is 20.3 Å². The number of allylic oxidation sites excluding steroid dienone is 2. The molecule has 0 bridgehead atoms. The Hall–Kier alpha value is -3.72. The van der Waals surface area contributed by atoms with Crippen molar-refractivity contribution >= 4 is 34.2 Å². The molecule has 1 aromatic carbocycles. The SMILES string of the molecule is C=C1N/C(=C\C(=N)Nc2cc3cc(C(/C=N\N)=C(\C)CC)c(F)cc3cn2)CN1N1CC(C)C1. The number of nitrogens with two attached hydrogens (primary N) is 1. The van der Waals surface area contributed by atoms with E-state index in [0.29, 0.717) is 34.8 Å². The van der Waals surface area contributed by atoms with E-state index >= 15 is 0 Å². The van der Waals surface area contributed by atoms with Gasteiger partial charge >= 0.3 is 0 Å². The Kier molecular flexibility index (Phi) is 6.65. The highest BCUT2D eigenvalue weighted by atomic mass is 19.1. The number of fused-ring (bicyclic) bond motifs is 1. The summed E-state index contributed by atoms with van der Waals surface area (Å²) in [5, 5.41) is 24.1. The summed E-state index contributed by atoms with van der Waals surface area (Å²) in [4.78, 5) is 4.35. The molecule has 0 radical (unpaired) electrons. The topological polar surface area (TPSA) is 106 Å². The van der Waals surface area contributed by atoms with Crippen molar-refractivity contribution in [3.63, 3.8) is 0 Å². The maximum atomic E-state index is 14.9. The van der Waals surface area contributed by atoms with Crippen LogP contribution in [0.4, 0.5) is 10.2 Å². The number of hydrogen-bond acceptors (Lipinski definition) is 7. The number of benzene rings is 1. The minimum absolute atomic E-state index is 0.195. The number of rotatable bonds is 6. The molecule has 34 heavy (non-hydrogen) atoms.